The minimum atomic E-state index is -0.752. The average molecular weight is 584 g/mol. The number of aliphatic hydroxyl groups is 1. The van der Waals surface area contributed by atoms with Gasteiger partial charge in [0.2, 0.25) is 0 Å². The lowest BCUT2D eigenvalue weighted by atomic mass is 9.95. The van der Waals surface area contributed by atoms with Crippen LogP contribution in [-0.4, -0.2) is 62.6 Å². The van der Waals surface area contributed by atoms with Crippen molar-refractivity contribution in [3.05, 3.63) is 106 Å². The number of aryl methyl sites for hydroxylation is 1. The van der Waals surface area contributed by atoms with E-state index in [4.69, 9.17) is 0 Å². The minimum Gasteiger partial charge on any atom is -0.389 e. The van der Waals surface area contributed by atoms with Gasteiger partial charge in [0.1, 0.15) is 5.01 Å². The molecule has 0 spiro atoms. The lowest BCUT2D eigenvalue weighted by Gasteiger charge is -2.29. The molecule has 2 saturated heterocycles. The fraction of sp³-hybridized carbons (Fsp3) is 0.364. The molecule has 0 bridgehead atoms. The molecule has 2 aromatic heterocycles. The van der Waals surface area contributed by atoms with Gasteiger partial charge in [-0.2, -0.15) is 0 Å². The van der Waals surface area contributed by atoms with Crippen LogP contribution in [0.15, 0.2) is 78.4 Å². The van der Waals surface area contributed by atoms with Crippen LogP contribution in [0, 0.1) is 6.92 Å². The Balaban J connectivity index is 1.30. The lowest BCUT2D eigenvalue weighted by Crippen LogP contribution is -2.52. The summed E-state index contributed by atoms with van der Waals surface area (Å²) in [6.45, 7) is 3.48. The Kier molecular flexibility index (Phi) is 8.51. The summed E-state index contributed by atoms with van der Waals surface area (Å²) < 4.78 is 1.90. The molecule has 0 saturated carbocycles. The standard InChI is InChI=1S/C33H37N5O3S/c1-22-21-42-32(35-22)29-12-8-16-38(29)33(41)25-18-24(19-26(20-25)37-14-5-6-15-37)31(40)36-28(17-23-9-3-2-4-10-23)30(39)27-11-7-13-34-27/h2-6,9-10,14-15,18-21,27-30,34,39H,7-8,11-13,16-17H2,1H3,(H,36,40)/t27-,28+,29-,30-/m1/s1. The van der Waals surface area contributed by atoms with Crippen molar-refractivity contribution >= 4 is 23.2 Å². The van der Waals surface area contributed by atoms with E-state index in [1.807, 2.05) is 82.7 Å². The number of carbonyl (C=O) groups is 2. The molecule has 6 rings (SSSR count). The van der Waals surface area contributed by atoms with E-state index < -0.39 is 12.1 Å². The van der Waals surface area contributed by atoms with Crippen LogP contribution >= 0.6 is 11.3 Å². The smallest absolute Gasteiger partial charge is 0.254 e. The molecule has 9 heteroatoms. The molecule has 218 valence electrons. The summed E-state index contributed by atoms with van der Waals surface area (Å²) in [4.78, 5) is 34.4. The largest absolute Gasteiger partial charge is 0.389 e. The SMILES string of the molecule is Cc1csc([C@H]2CCCN2C(=O)c2cc(C(=O)N[C@@H](Cc3ccccc3)[C@H](O)[C@H]3CCCN3)cc(-n3cccc3)c2)n1. The zero-order valence-corrected chi connectivity index (χ0v) is 24.6. The number of thiazole rings is 1. The topological polar surface area (TPSA) is 99.5 Å². The van der Waals surface area contributed by atoms with Gasteiger partial charge in [0.05, 0.1) is 18.2 Å². The maximum Gasteiger partial charge on any atom is 0.254 e. The highest BCUT2D eigenvalue weighted by molar-refractivity contribution is 7.09. The van der Waals surface area contributed by atoms with Crippen LogP contribution in [0.5, 0.6) is 0 Å². The molecule has 4 heterocycles. The number of carbonyl (C=O) groups excluding carboxylic acids is 2. The Morgan fingerprint density at radius 3 is 2.57 bits per heavy atom. The van der Waals surface area contributed by atoms with Gasteiger partial charge in [-0.25, -0.2) is 4.98 Å². The van der Waals surface area contributed by atoms with Crippen molar-refractivity contribution in [2.45, 2.75) is 63.3 Å². The van der Waals surface area contributed by atoms with Gasteiger partial charge in [-0.05, 0) is 81.5 Å². The van der Waals surface area contributed by atoms with E-state index in [-0.39, 0.29) is 23.9 Å². The molecule has 42 heavy (non-hydrogen) atoms. The first-order valence-electron chi connectivity index (χ1n) is 14.7. The molecular formula is C33H37N5O3S. The van der Waals surface area contributed by atoms with Crippen molar-refractivity contribution in [3.8, 4) is 5.69 Å². The third-order valence-corrected chi connectivity index (χ3v) is 9.37. The quantitative estimate of drug-likeness (QED) is 0.266. The Morgan fingerprint density at radius 1 is 1.07 bits per heavy atom. The van der Waals surface area contributed by atoms with Crippen LogP contribution < -0.4 is 10.6 Å². The van der Waals surface area contributed by atoms with E-state index in [1.54, 1.807) is 23.5 Å². The predicted molar refractivity (Wildman–Crippen MR) is 164 cm³/mol. The second kappa shape index (κ2) is 12.6. The summed E-state index contributed by atoms with van der Waals surface area (Å²) in [5.41, 5.74) is 3.57. The van der Waals surface area contributed by atoms with E-state index in [9.17, 15) is 14.7 Å². The van der Waals surface area contributed by atoms with Crippen LogP contribution in [0.3, 0.4) is 0 Å². The number of likely N-dealkylation sites (tertiary alicyclic amines) is 1. The lowest BCUT2D eigenvalue weighted by molar-refractivity contribution is 0.0733. The highest BCUT2D eigenvalue weighted by atomic mass is 32.1. The average Bonchev–Trinajstić information content (AvgIpc) is 3.84. The van der Waals surface area contributed by atoms with Crippen molar-refractivity contribution in [3.63, 3.8) is 0 Å². The minimum absolute atomic E-state index is 0.0620. The van der Waals surface area contributed by atoms with Gasteiger partial charge < -0.3 is 25.2 Å². The van der Waals surface area contributed by atoms with Crippen molar-refractivity contribution in [1.29, 1.82) is 0 Å². The molecule has 4 atom stereocenters. The first kappa shape index (κ1) is 28.3. The van der Waals surface area contributed by atoms with Gasteiger partial charge in [-0.3, -0.25) is 9.59 Å². The molecule has 0 aliphatic carbocycles. The van der Waals surface area contributed by atoms with Crippen LogP contribution in [0.25, 0.3) is 5.69 Å². The molecule has 2 aromatic carbocycles. The van der Waals surface area contributed by atoms with E-state index in [0.29, 0.717) is 24.1 Å². The number of hydrogen-bond acceptors (Lipinski definition) is 6. The highest BCUT2D eigenvalue weighted by Gasteiger charge is 2.34. The molecular weight excluding hydrogens is 546 g/mol. The number of rotatable bonds is 9. The summed E-state index contributed by atoms with van der Waals surface area (Å²) in [7, 11) is 0. The van der Waals surface area contributed by atoms with Gasteiger partial charge in [0.15, 0.2) is 0 Å². The number of amides is 2. The molecule has 4 aromatic rings. The second-order valence-electron chi connectivity index (χ2n) is 11.3. The molecule has 8 nitrogen and oxygen atoms in total. The van der Waals surface area contributed by atoms with Crippen molar-refractivity contribution in [1.82, 2.24) is 25.1 Å². The fourth-order valence-electron chi connectivity index (χ4n) is 6.14. The first-order valence-corrected chi connectivity index (χ1v) is 15.6. The van der Waals surface area contributed by atoms with E-state index in [2.05, 4.69) is 15.6 Å². The van der Waals surface area contributed by atoms with Crippen LogP contribution in [0.4, 0.5) is 0 Å². The van der Waals surface area contributed by atoms with Crippen molar-refractivity contribution < 1.29 is 14.7 Å². The van der Waals surface area contributed by atoms with Gasteiger partial charge in [-0.1, -0.05) is 30.3 Å². The monoisotopic (exact) mass is 583 g/mol. The first-order chi connectivity index (χ1) is 20.5. The van der Waals surface area contributed by atoms with Crippen molar-refractivity contribution in [2.24, 2.45) is 0 Å². The zero-order chi connectivity index (χ0) is 29.1. The molecule has 2 amide bonds. The summed E-state index contributed by atoms with van der Waals surface area (Å²) >= 11 is 1.59. The molecule has 2 aliphatic heterocycles. The normalized spacial score (nSPS) is 20.0. The summed E-state index contributed by atoms with van der Waals surface area (Å²) in [5, 5.41) is 20.8. The number of hydrogen-bond donors (Lipinski definition) is 3. The Hall–Kier alpha value is -3.79. The number of benzene rings is 2. The van der Waals surface area contributed by atoms with Crippen LogP contribution in [0.2, 0.25) is 0 Å². The third kappa shape index (κ3) is 6.18. The summed E-state index contributed by atoms with van der Waals surface area (Å²) in [6.07, 6.45) is 7.18. The van der Waals surface area contributed by atoms with Gasteiger partial charge in [-0.15, -0.1) is 11.3 Å². The molecule has 0 radical (unpaired) electrons. The van der Waals surface area contributed by atoms with Crippen molar-refractivity contribution in [2.75, 3.05) is 13.1 Å². The molecule has 2 fully saturated rings. The van der Waals surface area contributed by atoms with Gasteiger partial charge >= 0.3 is 0 Å². The number of aliphatic hydroxyl groups excluding tert-OH is 1. The van der Waals surface area contributed by atoms with E-state index in [0.717, 1.165) is 54.2 Å². The highest BCUT2D eigenvalue weighted by Crippen LogP contribution is 2.35. The summed E-state index contributed by atoms with van der Waals surface area (Å²) in [6, 6.07) is 18.4. The van der Waals surface area contributed by atoms with E-state index >= 15 is 0 Å². The Labute approximate surface area is 250 Å². The number of aromatic nitrogens is 2. The predicted octanol–water partition coefficient (Wildman–Crippen LogP) is 4.67. The maximum atomic E-state index is 14.0. The van der Waals surface area contributed by atoms with Crippen LogP contribution in [0.1, 0.15) is 68.7 Å². The fourth-order valence-corrected chi connectivity index (χ4v) is 7.08. The van der Waals surface area contributed by atoms with Crippen LogP contribution in [-0.2, 0) is 6.42 Å². The molecule has 0 unspecified atom stereocenters. The number of nitrogens with one attached hydrogen (secondary N) is 2. The van der Waals surface area contributed by atoms with E-state index in [1.165, 1.54) is 0 Å². The Bertz CT molecular complexity index is 1510. The molecule has 3 N–H and O–H groups in total. The molecule has 2 aliphatic rings. The summed E-state index contributed by atoms with van der Waals surface area (Å²) in [5.74, 6) is -0.422. The second-order valence-corrected chi connectivity index (χ2v) is 12.2. The van der Waals surface area contributed by atoms with Gasteiger partial charge in [0, 0.05) is 52.9 Å². The number of nitrogens with zero attached hydrogens (tertiary/aromatic N) is 3. The zero-order valence-electron chi connectivity index (χ0n) is 23.8. The Morgan fingerprint density at radius 2 is 1.86 bits per heavy atom. The maximum absolute atomic E-state index is 14.0. The third-order valence-electron chi connectivity index (χ3n) is 8.30. The van der Waals surface area contributed by atoms with Gasteiger partial charge in [0.25, 0.3) is 11.8 Å².